The summed E-state index contributed by atoms with van der Waals surface area (Å²) in [4.78, 5) is 28.6. The first kappa shape index (κ1) is 16.6. The molecule has 0 atom stereocenters. The second kappa shape index (κ2) is 7.57. The van der Waals surface area contributed by atoms with Crippen molar-refractivity contribution >= 4 is 16.8 Å². The highest BCUT2D eigenvalue weighted by molar-refractivity contribution is 5.84. The molecule has 0 saturated heterocycles. The largest absolute Gasteiger partial charge is 0.338 e. The quantitative estimate of drug-likeness (QED) is 0.741. The number of nitrogens with one attached hydrogen (secondary N) is 2. The van der Waals surface area contributed by atoms with Crippen LogP contribution in [0.5, 0.6) is 0 Å². The second-order valence-electron chi connectivity index (χ2n) is 5.49. The Hall–Kier alpha value is -3.22. The van der Waals surface area contributed by atoms with Crippen LogP contribution in [0.25, 0.3) is 10.8 Å². The summed E-state index contributed by atoms with van der Waals surface area (Å²) in [5, 5.41) is 11.2. The van der Waals surface area contributed by atoms with Crippen LogP contribution in [0.3, 0.4) is 0 Å². The summed E-state index contributed by atoms with van der Waals surface area (Å²) >= 11 is 0. The Labute approximate surface area is 144 Å². The van der Waals surface area contributed by atoms with Crippen molar-refractivity contribution in [1.29, 1.82) is 0 Å². The zero-order valence-electron chi connectivity index (χ0n) is 13.9. The van der Waals surface area contributed by atoms with E-state index >= 15 is 0 Å². The monoisotopic (exact) mass is 337 g/mol. The van der Waals surface area contributed by atoms with Gasteiger partial charge in [0.05, 0.1) is 29.9 Å². The molecule has 0 radical (unpaired) electrons. The zero-order chi connectivity index (χ0) is 17.6. The molecule has 2 aromatic heterocycles. The SMILES string of the molecule is CCNC(=O)NCc1nn(Cc2ccccn2)c(=O)c2ccccc12. The number of urea groups is 1. The summed E-state index contributed by atoms with van der Waals surface area (Å²) in [7, 11) is 0. The number of hydrogen-bond donors (Lipinski definition) is 2. The molecule has 25 heavy (non-hydrogen) atoms. The Morgan fingerprint density at radius 2 is 1.84 bits per heavy atom. The van der Waals surface area contributed by atoms with E-state index < -0.39 is 0 Å². The third kappa shape index (κ3) is 3.82. The lowest BCUT2D eigenvalue weighted by atomic mass is 10.1. The van der Waals surface area contributed by atoms with Crippen LogP contribution in [0, 0.1) is 0 Å². The molecule has 7 nitrogen and oxygen atoms in total. The van der Waals surface area contributed by atoms with E-state index in [4.69, 9.17) is 0 Å². The predicted molar refractivity (Wildman–Crippen MR) is 95.3 cm³/mol. The number of fused-ring (bicyclic) bond motifs is 1. The molecule has 3 rings (SSSR count). The van der Waals surface area contributed by atoms with E-state index in [0.29, 0.717) is 17.6 Å². The molecule has 0 aliphatic carbocycles. The number of aromatic nitrogens is 3. The first-order chi connectivity index (χ1) is 12.2. The number of hydrogen-bond acceptors (Lipinski definition) is 4. The van der Waals surface area contributed by atoms with Crippen molar-refractivity contribution in [3.8, 4) is 0 Å². The minimum absolute atomic E-state index is 0.178. The molecule has 0 aliphatic rings. The zero-order valence-corrected chi connectivity index (χ0v) is 13.9. The van der Waals surface area contributed by atoms with Crippen LogP contribution in [-0.4, -0.2) is 27.3 Å². The fourth-order valence-electron chi connectivity index (χ4n) is 2.58. The molecule has 0 bridgehead atoms. The highest BCUT2D eigenvalue weighted by Gasteiger charge is 2.11. The van der Waals surface area contributed by atoms with E-state index in [-0.39, 0.29) is 24.7 Å². The number of carbonyl (C=O) groups excluding carboxylic acids is 1. The lowest BCUT2D eigenvalue weighted by Gasteiger charge is -2.12. The number of carbonyl (C=O) groups is 1. The van der Waals surface area contributed by atoms with Crippen molar-refractivity contribution in [3.05, 3.63) is 70.4 Å². The van der Waals surface area contributed by atoms with E-state index in [0.717, 1.165) is 11.1 Å². The summed E-state index contributed by atoms with van der Waals surface area (Å²) in [6.45, 7) is 2.90. The molecule has 1 aromatic carbocycles. The summed E-state index contributed by atoms with van der Waals surface area (Å²) < 4.78 is 1.39. The average Bonchev–Trinajstić information content (AvgIpc) is 2.64. The Kier molecular flexibility index (Phi) is 5.03. The predicted octanol–water partition coefficient (Wildman–Crippen LogP) is 1.66. The molecular formula is C18H19N5O2. The molecule has 2 heterocycles. The summed E-state index contributed by atoms with van der Waals surface area (Å²) in [5.41, 5.74) is 1.20. The Morgan fingerprint density at radius 3 is 2.56 bits per heavy atom. The van der Waals surface area contributed by atoms with Crippen LogP contribution in [0.1, 0.15) is 18.3 Å². The smallest absolute Gasteiger partial charge is 0.315 e. The first-order valence-corrected chi connectivity index (χ1v) is 8.09. The third-order valence-electron chi connectivity index (χ3n) is 3.74. The maximum Gasteiger partial charge on any atom is 0.315 e. The molecule has 7 heteroatoms. The molecular weight excluding hydrogens is 318 g/mol. The van der Waals surface area contributed by atoms with Gasteiger partial charge in [-0.05, 0) is 25.1 Å². The summed E-state index contributed by atoms with van der Waals surface area (Å²) in [6.07, 6.45) is 1.68. The van der Waals surface area contributed by atoms with Crippen molar-refractivity contribution < 1.29 is 4.79 Å². The van der Waals surface area contributed by atoms with E-state index in [1.807, 2.05) is 43.3 Å². The fourth-order valence-corrected chi connectivity index (χ4v) is 2.58. The van der Waals surface area contributed by atoms with E-state index in [2.05, 4.69) is 20.7 Å². The molecule has 3 aromatic rings. The van der Waals surface area contributed by atoms with Crippen molar-refractivity contribution in [1.82, 2.24) is 25.4 Å². The van der Waals surface area contributed by atoms with Gasteiger partial charge in [0.2, 0.25) is 0 Å². The minimum Gasteiger partial charge on any atom is -0.338 e. The maximum atomic E-state index is 12.7. The van der Waals surface area contributed by atoms with Crippen molar-refractivity contribution in [2.24, 2.45) is 0 Å². The van der Waals surface area contributed by atoms with Gasteiger partial charge >= 0.3 is 6.03 Å². The van der Waals surface area contributed by atoms with E-state index in [1.54, 1.807) is 12.3 Å². The standard InChI is InChI=1S/C18H19N5O2/c1-2-19-18(25)21-11-16-14-8-3-4-9-15(14)17(24)23(22-16)12-13-7-5-6-10-20-13/h3-10H,2,11-12H2,1H3,(H2,19,21,25). The topological polar surface area (TPSA) is 88.9 Å². The van der Waals surface area contributed by atoms with Gasteiger partial charge in [0.1, 0.15) is 0 Å². The van der Waals surface area contributed by atoms with Crippen LogP contribution < -0.4 is 16.2 Å². The minimum atomic E-state index is -0.268. The van der Waals surface area contributed by atoms with Gasteiger partial charge in [-0.25, -0.2) is 9.48 Å². The van der Waals surface area contributed by atoms with E-state index in [9.17, 15) is 9.59 Å². The van der Waals surface area contributed by atoms with Gasteiger partial charge in [0, 0.05) is 18.1 Å². The Bertz CT molecular complexity index is 937. The normalized spacial score (nSPS) is 10.6. The van der Waals surface area contributed by atoms with Crippen LogP contribution in [0.4, 0.5) is 4.79 Å². The lowest BCUT2D eigenvalue weighted by molar-refractivity contribution is 0.241. The van der Waals surface area contributed by atoms with Gasteiger partial charge in [-0.2, -0.15) is 5.10 Å². The van der Waals surface area contributed by atoms with Crippen LogP contribution >= 0.6 is 0 Å². The Morgan fingerprint density at radius 1 is 1.08 bits per heavy atom. The van der Waals surface area contributed by atoms with Gasteiger partial charge in [-0.3, -0.25) is 9.78 Å². The summed E-state index contributed by atoms with van der Waals surface area (Å²) in [6, 6.07) is 12.5. The fraction of sp³-hybridized carbons (Fsp3) is 0.222. The number of amides is 2. The molecule has 128 valence electrons. The van der Waals surface area contributed by atoms with E-state index in [1.165, 1.54) is 4.68 Å². The van der Waals surface area contributed by atoms with Gasteiger partial charge in [-0.15, -0.1) is 0 Å². The first-order valence-electron chi connectivity index (χ1n) is 8.09. The number of rotatable bonds is 5. The highest BCUT2D eigenvalue weighted by Crippen LogP contribution is 2.13. The molecule has 0 aliphatic heterocycles. The summed E-state index contributed by atoms with van der Waals surface area (Å²) in [5.74, 6) is 0. The second-order valence-corrected chi connectivity index (χ2v) is 5.49. The third-order valence-corrected chi connectivity index (χ3v) is 3.74. The van der Waals surface area contributed by atoms with Gasteiger partial charge in [0.15, 0.2) is 0 Å². The molecule has 0 unspecified atom stereocenters. The van der Waals surface area contributed by atoms with Gasteiger partial charge < -0.3 is 10.6 Å². The van der Waals surface area contributed by atoms with Crippen molar-refractivity contribution in [3.63, 3.8) is 0 Å². The number of benzene rings is 1. The van der Waals surface area contributed by atoms with Crippen LogP contribution in [0.15, 0.2) is 53.5 Å². The maximum absolute atomic E-state index is 12.7. The lowest BCUT2D eigenvalue weighted by Crippen LogP contribution is -2.36. The van der Waals surface area contributed by atoms with Crippen molar-refractivity contribution in [2.45, 2.75) is 20.0 Å². The molecule has 0 spiro atoms. The van der Waals surface area contributed by atoms with Crippen LogP contribution in [0.2, 0.25) is 0 Å². The average molecular weight is 337 g/mol. The van der Waals surface area contributed by atoms with Gasteiger partial charge in [0.25, 0.3) is 5.56 Å². The van der Waals surface area contributed by atoms with Crippen LogP contribution in [-0.2, 0) is 13.1 Å². The molecule has 2 amide bonds. The van der Waals surface area contributed by atoms with Crippen molar-refractivity contribution in [2.75, 3.05) is 6.54 Å². The number of pyridine rings is 1. The Balaban J connectivity index is 1.98. The molecule has 0 saturated carbocycles. The highest BCUT2D eigenvalue weighted by atomic mass is 16.2. The number of nitrogens with zero attached hydrogens (tertiary/aromatic N) is 3. The van der Waals surface area contributed by atoms with Gasteiger partial charge in [-0.1, -0.05) is 24.3 Å². The molecule has 0 fully saturated rings. The molecule has 2 N–H and O–H groups in total.